The fourth-order valence-corrected chi connectivity index (χ4v) is 5.35. The highest BCUT2D eigenvalue weighted by Gasteiger charge is 2.32. The molecule has 8 heteroatoms. The Morgan fingerprint density at radius 2 is 2.00 bits per heavy atom. The molecule has 1 atom stereocenters. The van der Waals surface area contributed by atoms with Gasteiger partial charge in [-0.15, -0.1) is 0 Å². The van der Waals surface area contributed by atoms with Crippen molar-refractivity contribution in [2.75, 3.05) is 11.5 Å². The Bertz CT molecular complexity index is 1140. The summed E-state index contributed by atoms with van der Waals surface area (Å²) in [7, 11) is -1.19. The molecule has 0 radical (unpaired) electrons. The van der Waals surface area contributed by atoms with E-state index in [1.807, 2.05) is 49.6 Å². The zero-order valence-electron chi connectivity index (χ0n) is 16.1. The van der Waals surface area contributed by atoms with Gasteiger partial charge in [0.15, 0.2) is 9.84 Å². The van der Waals surface area contributed by atoms with E-state index in [1.54, 1.807) is 17.1 Å². The molecule has 1 fully saturated rings. The molecule has 29 heavy (non-hydrogen) atoms. The topological polar surface area (TPSA) is 94.0 Å². The minimum atomic E-state index is -3.07. The maximum atomic E-state index is 12.3. The van der Waals surface area contributed by atoms with E-state index in [0.29, 0.717) is 13.0 Å². The van der Waals surface area contributed by atoms with Crippen LogP contribution in [0, 0.1) is 5.92 Å². The molecule has 0 unspecified atom stereocenters. The van der Waals surface area contributed by atoms with E-state index in [0.717, 1.165) is 27.9 Å². The first-order chi connectivity index (χ1) is 13.9. The Morgan fingerprint density at radius 3 is 2.72 bits per heavy atom. The van der Waals surface area contributed by atoms with Crippen LogP contribution in [-0.2, 0) is 28.2 Å². The van der Waals surface area contributed by atoms with E-state index >= 15 is 0 Å². The lowest BCUT2D eigenvalue weighted by Crippen LogP contribution is -2.30. The number of benzene rings is 1. The van der Waals surface area contributed by atoms with Gasteiger partial charge in [0.25, 0.3) is 0 Å². The number of aryl methyl sites for hydroxylation is 1. The molecule has 2 aromatic heterocycles. The highest BCUT2D eigenvalue weighted by atomic mass is 32.2. The maximum absolute atomic E-state index is 12.3. The van der Waals surface area contributed by atoms with Crippen LogP contribution in [0.15, 0.2) is 55.0 Å². The Kier molecular flexibility index (Phi) is 5.19. The number of rotatable bonds is 5. The Balaban J connectivity index is 1.52. The van der Waals surface area contributed by atoms with Crippen molar-refractivity contribution in [3.05, 3.63) is 60.6 Å². The van der Waals surface area contributed by atoms with Crippen molar-refractivity contribution in [2.45, 2.75) is 13.0 Å². The standard InChI is InChI=1S/C21H22N4O3S/c1-25-13-19(16-5-8-22-9-6-16)20(24-25)17-4-2-3-15(11-17)12-23-21(26)18-7-10-29(27,28)14-18/h2-6,8-9,11,13,18H,7,10,12,14H2,1H3,(H,23,26)/t18-/m1/s1. The summed E-state index contributed by atoms with van der Waals surface area (Å²) in [6, 6.07) is 11.7. The molecule has 4 rings (SSSR count). The third-order valence-electron chi connectivity index (χ3n) is 5.09. The molecule has 7 nitrogen and oxygen atoms in total. The van der Waals surface area contributed by atoms with Crippen LogP contribution in [0.1, 0.15) is 12.0 Å². The number of nitrogens with zero attached hydrogens (tertiary/aromatic N) is 3. The fraction of sp³-hybridized carbons (Fsp3) is 0.286. The number of carbonyl (C=O) groups excluding carboxylic acids is 1. The van der Waals surface area contributed by atoms with E-state index in [2.05, 4.69) is 15.4 Å². The first kappa shape index (κ1) is 19.3. The normalized spacial score (nSPS) is 17.9. The quantitative estimate of drug-likeness (QED) is 0.696. The number of amides is 1. The van der Waals surface area contributed by atoms with Crippen LogP contribution in [-0.4, -0.2) is 40.6 Å². The summed E-state index contributed by atoms with van der Waals surface area (Å²) >= 11 is 0. The smallest absolute Gasteiger partial charge is 0.224 e. The minimum Gasteiger partial charge on any atom is -0.352 e. The van der Waals surface area contributed by atoms with Crippen molar-refractivity contribution < 1.29 is 13.2 Å². The zero-order valence-corrected chi connectivity index (χ0v) is 16.9. The number of hydrogen-bond donors (Lipinski definition) is 1. The predicted octanol–water partition coefficient (Wildman–Crippen LogP) is 2.20. The number of hydrogen-bond acceptors (Lipinski definition) is 5. The summed E-state index contributed by atoms with van der Waals surface area (Å²) in [4.78, 5) is 16.4. The third-order valence-corrected chi connectivity index (χ3v) is 6.86. The summed E-state index contributed by atoms with van der Waals surface area (Å²) in [5, 5.41) is 7.49. The van der Waals surface area contributed by atoms with Crippen LogP contribution in [0.4, 0.5) is 0 Å². The lowest BCUT2D eigenvalue weighted by atomic mass is 10.0. The predicted molar refractivity (Wildman–Crippen MR) is 110 cm³/mol. The number of carbonyl (C=O) groups is 1. The van der Waals surface area contributed by atoms with Gasteiger partial charge in [0.05, 0.1) is 17.4 Å². The number of pyridine rings is 1. The van der Waals surface area contributed by atoms with Crippen LogP contribution in [0.25, 0.3) is 22.4 Å². The van der Waals surface area contributed by atoms with Crippen LogP contribution >= 0.6 is 0 Å². The van der Waals surface area contributed by atoms with Gasteiger partial charge in [-0.05, 0) is 35.7 Å². The number of sulfone groups is 1. The summed E-state index contributed by atoms with van der Waals surface area (Å²) in [6.07, 6.45) is 5.87. The van der Waals surface area contributed by atoms with Gasteiger partial charge in [0.2, 0.25) is 5.91 Å². The van der Waals surface area contributed by atoms with Gasteiger partial charge in [0.1, 0.15) is 5.69 Å². The van der Waals surface area contributed by atoms with E-state index in [4.69, 9.17) is 0 Å². The molecule has 0 aliphatic carbocycles. The average Bonchev–Trinajstić information content (AvgIpc) is 3.29. The molecule has 150 valence electrons. The third kappa shape index (κ3) is 4.37. The highest BCUT2D eigenvalue weighted by Crippen LogP contribution is 2.31. The van der Waals surface area contributed by atoms with Crippen molar-refractivity contribution >= 4 is 15.7 Å². The molecular formula is C21H22N4O3S. The van der Waals surface area contributed by atoms with Gasteiger partial charge in [-0.1, -0.05) is 18.2 Å². The summed E-state index contributed by atoms with van der Waals surface area (Å²) in [5.74, 6) is -0.607. The summed E-state index contributed by atoms with van der Waals surface area (Å²) in [5.41, 5.74) is 4.78. The zero-order chi connectivity index (χ0) is 20.4. The molecule has 1 saturated heterocycles. The van der Waals surface area contributed by atoms with Crippen molar-refractivity contribution in [3.63, 3.8) is 0 Å². The summed E-state index contributed by atoms with van der Waals surface area (Å²) < 4.78 is 24.9. The van der Waals surface area contributed by atoms with Crippen LogP contribution in [0.2, 0.25) is 0 Å². The first-order valence-corrected chi connectivity index (χ1v) is 11.2. The van der Waals surface area contributed by atoms with Gasteiger partial charge < -0.3 is 5.32 Å². The van der Waals surface area contributed by atoms with Crippen molar-refractivity contribution in [1.29, 1.82) is 0 Å². The molecule has 0 bridgehead atoms. The second-order valence-corrected chi connectivity index (χ2v) is 9.55. The SMILES string of the molecule is Cn1cc(-c2ccncc2)c(-c2cccc(CNC(=O)[C@@H]3CCS(=O)(=O)C3)c2)n1. The molecule has 3 heterocycles. The van der Waals surface area contributed by atoms with Gasteiger partial charge in [-0.3, -0.25) is 14.5 Å². The largest absolute Gasteiger partial charge is 0.352 e. The average molecular weight is 410 g/mol. The van der Waals surface area contributed by atoms with Crippen LogP contribution in [0.5, 0.6) is 0 Å². The Hall–Kier alpha value is -3.00. The second-order valence-electron chi connectivity index (χ2n) is 7.32. The lowest BCUT2D eigenvalue weighted by Gasteiger charge is -2.10. The lowest BCUT2D eigenvalue weighted by molar-refractivity contribution is -0.124. The van der Waals surface area contributed by atoms with Crippen molar-refractivity contribution in [2.24, 2.45) is 13.0 Å². The first-order valence-electron chi connectivity index (χ1n) is 9.43. The minimum absolute atomic E-state index is 0.0535. The number of aromatic nitrogens is 3. The van der Waals surface area contributed by atoms with E-state index in [9.17, 15) is 13.2 Å². The van der Waals surface area contributed by atoms with Crippen LogP contribution < -0.4 is 5.32 Å². The molecule has 1 amide bonds. The maximum Gasteiger partial charge on any atom is 0.224 e. The fourth-order valence-electron chi connectivity index (χ4n) is 3.61. The van der Waals surface area contributed by atoms with Gasteiger partial charge in [-0.2, -0.15) is 5.10 Å². The van der Waals surface area contributed by atoms with Gasteiger partial charge in [-0.25, -0.2) is 8.42 Å². The van der Waals surface area contributed by atoms with Crippen LogP contribution in [0.3, 0.4) is 0 Å². The summed E-state index contributed by atoms with van der Waals surface area (Å²) in [6.45, 7) is 0.348. The number of nitrogens with one attached hydrogen (secondary N) is 1. The molecular weight excluding hydrogens is 388 g/mol. The Labute approximate surface area is 169 Å². The molecule has 0 spiro atoms. The highest BCUT2D eigenvalue weighted by molar-refractivity contribution is 7.91. The monoisotopic (exact) mass is 410 g/mol. The van der Waals surface area contributed by atoms with Gasteiger partial charge in [0, 0.05) is 43.3 Å². The van der Waals surface area contributed by atoms with E-state index < -0.39 is 15.8 Å². The molecule has 0 saturated carbocycles. The molecule has 1 N–H and O–H groups in total. The second kappa shape index (κ2) is 7.79. The van der Waals surface area contributed by atoms with E-state index in [-0.39, 0.29) is 17.4 Å². The van der Waals surface area contributed by atoms with Gasteiger partial charge >= 0.3 is 0 Å². The molecule has 1 aliphatic rings. The van der Waals surface area contributed by atoms with Crippen molar-refractivity contribution in [3.8, 4) is 22.4 Å². The molecule has 3 aromatic rings. The molecule has 1 aliphatic heterocycles. The Morgan fingerprint density at radius 1 is 1.21 bits per heavy atom. The van der Waals surface area contributed by atoms with E-state index in [1.165, 1.54) is 0 Å². The van der Waals surface area contributed by atoms with Crippen molar-refractivity contribution in [1.82, 2.24) is 20.1 Å². The molecule has 1 aromatic carbocycles.